The second-order valence-electron chi connectivity index (χ2n) is 5.13. The Morgan fingerprint density at radius 1 is 1.29 bits per heavy atom. The second kappa shape index (κ2) is 4.68. The lowest BCUT2D eigenvalue weighted by Crippen LogP contribution is -2.67. The molecule has 2 aliphatic heterocycles. The van der Waals surface area contributed by atoms with Gasteiger partial charge in [-0.15, -0.1) is 11.6 Å². The standard InChI is InChI=1S/C14H12ClNO4S/c1-8-7-21(19,20)14-10(15)13(18)16(14)11(8)12(17)9-5-3-2-4-6-9/h2-6,10,14H,7H2,1H3/t10-,14+/m0/s1. The predicted octanol–water partition coefficient (Wildman–Crippen LogP) is 1.35. The van der Waals surface area contributed by atoms with Crippen molar-refractivity contribution in [3.8, 4) is 0 Å². The van der Waals surface area contributed by atoms with Crippen molar-refractivity contribution in [1.82, 2.24) is 4.90 Å². The number of carbonyl (C=O) groups excluding carboxylic acids is 2. The first-order valence-electron chi connectivity index (χ1n) is 6.33. The largest absolute Gasteiger partial charge is 0.287 e. The van der Waals surface area contributed by atoms with Crippen molar-refractivity contribution < 1.29 is 18.0 Å². The molecule has 0 saturated carbocycles. The number of carbonyl (C=O) groups is 2. The maximum absolute atomic E-state index is 12.6. The number of hydrogen-bond acceptors (Lipinski definition) is 4. The summed E-state index contributed by atoms with van der Waals surface area (Å²) in [5.41, 5.74) is 0.927. The van der Waals surface area contributed by atoms with Gasteiger partial charge in [-0.3, -0.25) is 14.5 Å². The molecule has 0 unspecified atom stereocenters. The molecule has 0 radical (unpaired) electrons. The smallest absolute Gasteiger partial charge is 0.249 e. The molecule has 0 spiro atoms. The average Bonchev–Trinajstić information content (AvgIpc) is 2.45. The number of rotatable bonds is 2. The van der Waals surface area contributed by atoms with E-state index < -0.39 is 26.5 Å². The summed E-state index contributed by atoms with van der Waals surface area (Å²) in [6.45, 7) is 1.55. The minimum atomic E-state index is -3.54. The Kier molecular flexibility index (Phi) is 3.18. The molecule has 1 aromatic carbocycles. The normalized spacial score (nSPS) is 27.1. The van der Waals surface area contributed by atoms with Crippen LogP contribution in [-0.2, 0) is 14.6 Å². The van der Waals surface area contributed by atoms with Crippen LogP contribution in [0.15, 0.2) is 41.6 Å². The van der Waals surface area contributed by atoms with Gasteiger partial charge in [-0.2, -0.15) is 0 Å². The lowest BCUT2D eigenvalue weighted by molar-refractivity contribution is -0.138. The van der Waals surface area contributed by atoms with Crippen molar-refractivity contribution in [1.29, 1.82) is 0 Å². The molecular weight excluding hydrogens is 314 g/mol. The SMILES string of the molecule is CC1=C(C(=O)c2ccccc2)N2C(=O)[C@H](Cl)[C@H]2S(=O)(=O)C1. The van der Waals surface area contributed by atoms with Crippen molar-refractivity contribution in [2.75, 3.05) is 5.75 Å². The third-order valence-electron chi connectivity index (χ3n) is 3.66. The zero-order chi connectivity index (χ0) is 15.4. The highest BCUT2D eigenvalue weighted by Gasteiger charge is 2.58. The van der Waals surface area contributed by atoms with Gasteiger partial charge in [-0.05, 0) is 12.5 Å². The highest BCUT2D eigenvalue weighted by molar-refractivity contribution is 7.92. The van der Waals surface area contributed by atoms with Gasteiger partial charge in [-0.25, -0.2) is 8.42 Å². The Morgan fingerprint density at radius 2 is 1.90 bits per heavy atom. The molecule has 2 atom stereocenters. The third kappa shape index (κ3) is 2.01. The lowest BCUT2D eigenvalue weighted by Gasteiger charge is -2.47. The van der Waals surface area contributed by atoms with Crippen LogP contribution in [0.1, 0.15) is 17.3 Å². The lowest BCUT2D eigenvalue weighted by atomic mass is 10.0. The quantitative estimate of drug-likeness (QED) is 0.467. The van der Waals surface area contributed by atoms with Gasteiger partial charge < -0.3 is 0 Å². The maximum Gasteiger partial charge on any atom is 0.249 e. The second-order valence-corrected chi connectivity index (χ2v) is 7.70. The highest BCUT2D eigenvalue weighted by atomic mass is 35.5. The number of halogens is 1. The number of alkyl halides is 1. The summed E-state index contributed by atoms with van der Waals surface area (Å²) in [7, 11) is -3.54. The number of ketones is 1. The van der Waals surface area contributed by atoms with Gasteiger partial charge in [0.25, 0.3) is 0 Å². The van der Waals surface area contributed by atoms with Gasteiger partial charge in [0.15, 0.2) is 15.2 Å². The van der Waals surface area contributed by atoms with E-state index in [0.29, 0.717) is 11.1 Å². The fraction of sp³-hybridized carbons (Fsp3) is 0.286. The molecular formula is C14H12ClNO4S. The van der Waals surface area contributed by atoms with Gasteiger partial charge in [0, 0.05) is 5.56 Å². The fourth-order valence-corrected chi connectivity index (χ4v) is 5.31. The first-order valence-corrected chi connectivity index (χ1v) is 8.48. The van der Waals surface area contributed by atoms with E-state index in [2.05, 4.69) is 0 Å². The third-order valence-corrected chi connectivity index (χ3v) is 6.29. The first-order chi connectivity index (χ1) is 9.84. The van der Waals surface area contributed by atoms with Crippen molar-refractivity contribution in [2.24, 2.45) is 0 Å². The van der Waals surface area contributed by atoms with E-state index in [-0.39, 0.29) is 17.2 Å². The maximum atomic E-state index is 12.6. The topological polar surface area (TPSA) is 71.5 Å². The summed E-state index contributed by atoms with van der Waals surface area (Å²) in [5.74, 6) is -1.15. The summed E-state index contributed by atoms with van der Waals surface area (Å²) >= 11 is 5.82. The van der Waals surface area contributed by atoms with E-state index in [1.54, 1.807) is 37.3 Å². The van der Waals surface area contributed by atoms with Crippen molar-refractivity contribution >= 4 is 33.1 Å². The van der Waals surface area contributed by atoms with E-state index in [1.165, 1.54) is 0 Å². The molecule has 0 bridgehead atoms. The molecule has 1 amide bonds. The van der Waals surface area contributed by atoms with Crippen LogP contribution >= 0.6 is 11.6 Å². The average molecular weight is 326 g/mol. The van der Waals surface area contributed by atoms with Crippen LogP contribution in [0.5, 0.6) is 0 Å². The molecule has 5 nitrogen and oxygen atoms in total. The van der Waals surface area contributed by atoms with Crippen LogP contribution in [0.2, 0.25) is 0 Å². The Labute approximate surface area is 127 Å². The molecule has 21 heavy (non-hydrogen) atoms. The molecule has 7 heteroatoms. The molecule has 0 aromatic heterocycles. The fourth-order valence-electron chi connectivity index (χ4n) is 2.70. The summed E-state index contributed by atoms with van der Waals surface area (Å²) in [6, 6.07) is 8.45. The van der Waals surface area contributed by atoms with Crippen molar-refractivity contribution in [3.05, 3.63) is 47.2 Å². The summed E-state index contributed by atoms with van der Waals surface area (Å²) < 4.78 is 24.2. The van der Waals surface area contributed by atoms with E-state index in [4.69, 9.17) is 11.6 Å². The van der Waals surface area contributed by atoms with Crippen LogP contribution in [0.3, 0.4) is 0 Å². The van der Waals surface area contributed by atoms with Crippen LogP contribution in [0, 0.1) is 0 Å². The molecule has 1 fully saturated rings. The van der Waals surface area contributed by atoms with Crippen LogP contribution < -0.4 is 0 Å². The molecule has 0 N–H and O–H groups in total. The number of fused-ring (bicyclic) bond motifs is 1. The minimum Gasteiger partial charge on any atom is -0.287 e. The van der Waals surface area contributed by atoms with E-state index in [9.17, 15) is 18.0 Å². The number of nitrogens with zero attached hydrogens (tertiary/aromatic N) is 1. The zero-order valence-corrected chi connectivity index (χ0v) is 12.7. The molecule has 2 heterocycles. The molecule has 2 aliphatic rings. The molecule has 0 aliphatic carbocycles. The minimum absolute atomic E-state index is 0.142. The number of sulfone groups is 1. The van der Waals surface area contributed by atoms with E-state index in [1.807, 2.05) is 0 Å². The number of amides is 1. The summed E-state index contributed by atoms with van der Waals surface area (Å²) in [6.07, 6.45) is 0. The molecule has 1 aromatic rings. The number of β-lactam (4-membered cyclic amide) rings is 1. The monoisotopic (exact) mass is 325 g/mol. The van der Waals surface area contributed by atoms with Gasteiger partial charge in [0.2, 0.25) is 11.7 Å². The zero-order valence-electron chi connectivity index (χ0n) is 11.1. The molecule has 3 rings (SSSR count). The van der Waals surface area contributed by atoms with E-state index in [0.717, 1.165) is 4.90 Å². The van der Waals surface area contributed by atoms with Crippen LogP contribution in [0.25, 0.3) is 0 Å². The van der Waals surface area contributed by atoms with Crippen LogP contribution in [-0.4, -0.2) is 41.5 Å². The Balaban J connectivity index is 2.10. The van der Waals surface area contributed by atoms with E-state index >= 15 is 0 Å². The van der Waals surface area contributed by atoms with Crippen molar-refractivity contribution in [2.45, 2.75) is 17.7 Å². The Morgan fingerprint density at radius 3 is 2.52 bits per heavy atom. The number of hydrogen-bond donors (Lipinski definition) is 0. The van der Waals surface area contributed by atoms with Gasteiger partial charge in [0.1, 0.15) is 5.38 Å². The molecule has 1 saturated heterocycles. The van der Waals surface area contributed by atoms with Crippen molar-refractivity contribution in [3.63, 3.8) is 0 Å². The van der Waals surface area contributed by atoms with Gasteiger partial charge in [-0.1, -0.05) is 30.3 Å². The number of allylic oxidation sites excluding steroid dienone is 1. The first kappa shape index (κ1) is 14.3. The Bertz CT molecular complexity index is 769. The summed E-state index contributed by atoms with van der Waals surface area (Å²) in [4.78, 5) is 25.5. The number of Topliss-reactive ketones (excluding diaryl/α,β-unsaturated/α-hetero) is 1. The predicted molar refractivity (Wildman–Crippen MR) is 77.5 cm³/mol. The summed E-state index contributed by atoms with van der Waals surface area (Å²) in [5, 5.41) is -2.24. The van der Waals surface area contributed by atoms with Gasteiger partial charge in [0.05, 0.1) is 11.4 Å². The number of benzene rings is 1. The van der Waals surface area contributed by atoms with Crippen LogP contribution in [0.4, 0.5) is 0 Å². The molecule has 110 valence electrons. The highest BCUT2D eigenvalue weighted by Crippen LogP contribution is 2.39. The Hall–Kier alpha value is -1.66. The van der Waals surface area contributed by atoms with Gasteiger partial charge >= 0.3 is 0 Å².